The number of hydrogen-bond acceptors (Lipinski definition) is 0. The van der Waals surface area contributed by atoms with E-state index in [1.165, 1.54) is 43.6 Å². The van der Waals surface area contributed by atoms with Crippen molar-refractivity contribution in [2.75, 3.05) is 0 Å². The smallest absolute Gasteiger partial charge is 0.205 e. The molecule has 1 fully saturated rings. The Kier molecular flexibility index (Phi) is 7.07. The third kappa shape index (κ3) is 5.67. The average molecular weight is 469 g/mol. The topological polar surface area (TPSA) is 0 Å². The zero-order chi connectivity index (χ0) is 24.3. The number of hydrogen-bond donors (Lipinski definition) is 0. The van der Waals surface area contributed by atoms with Crippen LogP contribution in [0.2, 0.25) is 0 Å². The summed E-state index contributed by atoms with van der Waals surface area (Å²) in [6.45, 7) is 2.26. The minimum atomic E-state index is -4.82. The van der Waals surface area contributed by atoms with Crippen LogP contribution in [0, 0.1) is 29.4 Å². The van der Waals surface area contributed by atoms with E-state index in [-0.39, 0.29) is 5.56 Å². The summed E-state index contributed by atoms with van der Waals surface area (Å²) >= 11 is 0. The lowest BCUT2D eigenvalue weighted by atomic mass is 9.77. The lowest BCUT2D eigenvalue weighted by molar-refractivity contribution is -0.0696. The predicted molar refractivity (Wildman–Crippen MR) is 125 cm³/mol. The van der Waals surface area contributed by atoms with Gasteiger partial charge in [-0.15, -0.1) is 0 Å². The highest BCUT2D eigenvalue weighted by atomic mass is 19.4. The first kappa shape index (κ1) is 24.0. The Hall–Kier alpha value is -3.13. The fraction of sp³-hybridized carbons (Fsp3) is 0.310. The van der Waals surface area contributed by atoms with Gasteiger partial charge in [0.1, 0.15) is 11.6 Å². The minimum absolute atomic E-state index is 0.233. The third-order valence-corrected chi connectivity index (χ3v) is 6.73. The first-order valence-electron chi connectivity index (χ1n) is 11.5. The molecule has 0 spiro atoms. The maximum atomic E-state index is 14.2. The maximum absolute atomic E-state index is 14.2. The van der Waals surface area contributed by atoms with Gasteiger partial charge in [0.25, 0.3) is 0 Å². The molecule has 5 heteroatoms. The van der Waals surface area contributed by atoms with Crippen LogP contribution in [0.5, 0.6) is 0 Å². The molecule has 1 aliphatic carbocycles. The van der Waals surface area contributed by atoms with Crippen molar-refractivity contribution >= 4 is 0 Å². The van der Waals surface area contributed by atoms with Gasteiger partial charge < -0.3 is 0 Å². The van der Waals surface area contributed by atoms with Crippen LogP contribution in [0.25, 0.3) is 22.3 Å². The molecule has 0 bridgehead atoms. The van der Waals surface area contributed by atoms with Gasteiger partial charge in [0.05, 0.1) is 5.56 Å². The summed E-state index contributed by atoms with van der Waals surface area (Å²) in [4.78, 5) is 0. The van der Waals surface area contributed by atoms with E-state index in [9.17, 15) is 22.0 Å². The highest BCUT2D eigenvalue weighted by molar-refractivity contribution is 5.71. The summed E-state index contributed by atoms with van der Waals surface area (Å²) in [5, 5.41) is 0. The van der Waals surface area contributed by atoms with Crippen molar-refractivity contribution in [2.45, 2.75) is 51.1 Å². The molecule has 34 heavy (non-hydrogen) atoms. The number of halogens is 5. The normalized spacial score (nSPS) is 18.3. The molecule has 1 saturated carbocycles. The van der Waals surface area contributed by atoms with E-state index in [0.717, 1.165) is 35.1 Å². The van der Waals surface area contributed by atoms with Crippen LogP contribution >= 0.6 is 0 Å². The van der Waals surface area contributed by atoms with Crippen molar-refractivity contribution < 1.29 is 22.0 Å². The van der Waals surface area contributed by atoms with Crippen LogP contribution in [-0.2, 0) is 0 Å². The molecule has 4 rings (SSSR count). The molecule has 3 aromatic carbocycles. The summed E-state index contributed by atoms with van der Waals surface area (Å²) in [5.41, 5.74) is 3.29. The molecule has 0 N–H and O–H groups in total. The molecule has 1 aliphatic rings. The van der Waals surface area contributed by atoms with Gasteiger partial charge in [-0.05, 0) is 77.5 Å². The predicted octanol–water partition coefficient (Wildman–Crippen LogP) is 8.90. The molecule has 0 nitrogen and oxygen atoms in total. The van der Waals surface area contributed by atoms with Gasteiger partial charge >= 0.3 is 6.18 Å². The zero-order valence-corrected chi connectivity index (χ0v) is 18.9. The number of benzene rings is 3. The van der Waals surface area contributed by atoms with Crippen molar-refractivity contribution in [2.24, 2.45) is 5.92 Å². The van der Waals surface area contributed by atoms with E-state index in [1.807, 2.05) is 12.1 Å². The fourth-order valence-corrected chi connectivity index (χ4v) is 4.70. The second-order valence-corrected chi connectivity index (χ2v) is 8.89. The van der Waals surface area contributed by atoms with E-state index >= 15 is 0 Å². The van der Waals surface area contributed by atoms with E-state index in [4.69, 9.17) is 0 Å². The van der Waals surface area contributed by atoms with E-state index in [1.54, 1.807) is 12.1 Å². The molecule has 3 aromatic rings. The fourth-order valence-electron chi connectivity index (χ4n) is 4.70. The quantitative estimate of drug-likeness (QED) is 0.265. The van der Waals surface area contributed by atoms with Gasteiger partial charge in [-0.2, -0.15) is 13.2 Å². The Morgan fingerprint density at radius 1 is 0.735 bits per heavy atom. The summed E-state index contributed by atoms with van der Waals surface area (Å²) in [7, 11) is 0. The van der Waals surface area contributed by atoms with Gasteiger partial charge in [0.15, 0.2) is 0 Å². The van der Waals surface area contributed by atoms with Gasteiger partial charge in [-0.3, -0.25) is 0 Å². The van der Waals surface area contributed by atoms with Crippen LogP contribution in [0.1, 0.15) is 56.1 Å². The largest absolute Gasteiger partial charge is 0.458 e. The van der Waals surface area contributed by atoms with Gasteiger partial charge in [-0.25, -0.2) is 8.78 Å². The molecule has 0 aromatic heterocycles. The Morgan fingerprint density at radius 2 is 1.21 bits per heavy atom. The van der Waals surface area contributed by atoms with Crippen LogP contribution in [0.15, 0.2) is 60.7 Å². The standard InChI is InChI=1S/C29H25F5/c1-2-19-3-5-20(6-4-19)21-7-9-22(10-8-21)23-11-13-24(14-12-23)25-17-27(30)26(28(31)18-25)15-16-29(32,33)34/h7-14,17-20H,2-6H2,1H3. The van der Waals surface area contributed by atoms with Gasteiger partial charge in [0.2, 0.25) is 0 Å². The summed E-state index contributed by atoms with van der Waals surface area (Å²) < 4.78 is 65.2. The average Bonchev–Trinajstić information content (AvgIpc) is 2.83. The molecule has 0 heterocycles. The molecule has 0 amide bonds. The summed E-state index contributed by atoms with van der Waals surface area (Å²) in [6.07, 6.45) is 1.50. The van der Waals surface area contributed by atoms with E-state index < -0.39 is 23.4 Å². The Labute approximate surface area is 196 Å². The summed E-state index contributed by atoms with van der Waals surface area (Å²) in [6, 6.07) is 17.8. The maximum Gasteiger partial charge on any atom is 0.458 e. The monoisotopic (exact) mass is 468 g/mol. The molecular formula is C29H25F5. The lowest BCUT2D eigenvalue weighted by Gasteiger charge is -2.28. The number of alkyl halides is 3. The first-order valence-corrected chi connectivity index (χ1v) is 11.5. The molecule has 0 atom stereocenters. The molecule has 0 saturated heterocycles. The lowest BCUT2D eigenvalue weighted by Crippen LogP contribution is -2.12. The Morgan fingerprint density at radius 3 is 1.68 bits per heavy atom. The van der Waals surface area contributed by atoms with Crippen LogP contribution < -0.4 is 0 Å². The van der Waals surface area contributed by atoms with Crippen molar-refractivity contribution in [3.63, 3.8) is 0 Å². The SMILES string of the molecule is CCC1CCC(c2ccc(-c3ccc(-c4cc(F)c(C#CC(F)(F)F)c(F)c4)cc3)cc2)CC1. The van der Waals surface area contributed by atoms with Gasteiger partial charge in [-0.1, -0.05) is 67.8 Å². The van der Waals surface area contributed by atoms with Crippen molar-refractivity contribution in [3.8, 4) is 34.1 Å². The van der Waals surface area contributed by atoms with Crippen molar-refractivity contribution in [3.05, 3.63) is 83.4 Å². The van der Waals surface area contributed by atoms with E-state index in [2.05, 4.69) is 31.2 Å². The van der Waals surface area contributed by atoms with Crippen molar-refractivity contribution in [1.82, 2.24) is 0 Å². The Bertz CT molecular complexity index is 1160. The second-order valence-electron chi connectivity index (χ2n) is 8.89. The molecule has 0 radical (unpaired) electrons. The highest BCUT2D eigenvalue weighted by Crippen LogP contribution is 2.37. The van der Waals surface area contributed by atoms with Crippen LogP contribution in [0.4, 0.5) is 22.0 Å². The minimum Gasteiger partial charge on any atom is -0.205 e. The molecular weight excluding hydrogens is 443 g/mol. The zero-order valence-electron chi connectivity index (χ0n) is 18.9. The second kappa shape index (κ2) is 10.0. The van der Waals surface area contributed by atoms with Crippen molar-refractivity contribution in [1.29, 1.82) is 0 Å². The highest BCUT2D eigenvalue weighted by Gasteiger charge is 2.24. The molecule has 0 unspecified atom stereocenters. The van der Waals surface area contributed by atoms with E-state index in [0.29, 0.717) is 11.5 Å². The third-order valence-electron chi connectivity index (χ3n) is 6.73. The molecule has 0 aliphatic heterocycles. The van der Waals surface area contributed by atoms with Crippen LogP contribution in [-0.4, -0.2) is 6.18 Å². The van der Waals surface area contributed by atoms with Gasteiger partial charge in [0, 0.05) is 5.92 Å². The first-order chi connectivity index (χ1) is 16.2. The number of rotatable bonds is 4. The molecule has 176 valence electrons. The Balaban J connectivity index is 1.49. The van der Waals surface area contributed by atoms with Crippen LogP contribution in [0.3, 0.4) is 0 Å². The summed E-state index contributed by atoms with van der Waals surface area (Å²) in [5.74, 6) is 1.67.